The van der Waals surface area contributed by atoms with Crippen LogP contribution in [-0.4, -0.2) is 31.5 Å². The van der Waals surface area contributed by atoms with Crippen LogP contribution >= 0.6 is 0 Å². The normalized spacial score (nSPS) is 16.2. The Morgan fingerprint density at radius 2 is 1.58 bits per heavy atom. The molecule has 1 aliphatic rings. The fraction of sp³-hybridized carbons (Fsp3) is 0.385. The summed E-state index contributed by atoms with van der Waals surface area (Å²) >= 11 is 0. The Kier molecular flexibility index (Phi) is 6.83. The van der Waals surface area contributed by atoms with Gasteiger partial charge in [-0.1, -0.05) is 24.3 Å². The van der Waals surface area contributed by atoms with Gasteiger partial charge in [-0.25, -0.2) is 0 Å². The maximum Gasteiger partial charge on any atom is 1.00 e. The maximum absolute atomic E-state index is 12.5. The third-order valence-corrected chi connectivity index (χ3v) is 3.40. The SMILES string of the molecule is C=C(CN1CCc2ccccc2CC1)[B-](F)(F)F.[K+]. The molecule has 0 fully saturated rings. The van der Waals surface area contributed by atoms with Crippen LogP contribution in [-0.2, 0) is 12.8 Å². The number of halogens is 3. The number of rotatable bonds is 3. The van der Waals surface area contributed by atoms with Crippen molar-refractivity contribution in [3.8, 4) is 0 Å². The second-order valence-electron chi connectivity index (χ2n) is 4.78. The summed E-state index contributed by atoms with van der Waals surface area (Å²) in [4.78, 5) is 1.84. The van der Waals surface area contributed by atoms with Gasteiger partial charge in [0, 0.05) is 13.1 Å². The summed E-state index contributed by atoms with van der Waals surface area (Å²) in [7, 11) is 0. The first-order chi connectivity index (χ1) is 8.47. The van der Waals surface area contributed by atoms with E-state index in [1.54, 1.807) is 0 Å². The molecule has 1 aromatic carbocycles. The van der Waals surface area contributed by atoms with Crippen LogP contribution in [0.2, 0.25) is 0 Å². The van der Waals surface area contributed by atoms with Crippen LogP contribution in [0.15, 0.2) is 36.3 Å². The number of fused-ring (bicyclic) bond motifs is 1. The molecule has 0 saturated carbocycles. The van der Waals surface area contributed by atoms with E-state index in [0.29, 0.717) is 13.1 Å². The molecule has 0 radical (unpaired) electrons. The van der Waals surface area contributed by atoms with Gasteiger partial charge in [-0.2, -0.15) is 0 Å². The molecule has 0 N–H and O–H groups in total. The van der Waals surface area contributed by atoms with Crippen LogP contribution in [0.4, 0.5) is 12.9 Å². The van der Waals surface area contributed by atoms with Crippen LogP contribution in [0, 0.1) is 0 Å². The topological polar surface area (TPSA) is 3.24 Å². The van der Waals surface area contributed by atoms with Gasteiger partial charge in [0.15, 0.2) is 0 Å². The van der Waals surface area contributed by atoms with Crippen molar-refractivity contribution >= 4 is 6.98 Å². The van der Waals surface area contributed by atoms with E-state index in [1.807, 2.05) is 17.0 Å². The summed E-state index contributed by atoms with van der Waals surface area (Å²) in [6.45, 7) is -0.467. The Bertz CT molecular complexity index is 421. The third kappa shape index (κ3) is 5.03. The molecule has 19 heavy (non-hydrogen) atoms. The van der Waals surface area contributed by atoms with E-state index < -0.39 is 12.4 Å². The Morgan fingerprint density at radius 3 is 2.00 bits per heavy atom. The fourth-order valence-electron chi connectivity index (χ4n) is 2.26. The van der Waals surface area contributed by atoms with E-state index >= 15 is 0 Å². The molecule has 0 aromatic heterocycles. The Morgan fingerprint density at radius 1 is 1.11 bits per heavy atom. The molecule has 1 aliphatic heterocycles. The predicted molar refractivity (Wildman–Crippen MR) is 68.5 cm³/mol. The molecule has 0 amide bonds. The van der Waals surface area contributed by atoms with Gasteiger partial charge in [0.2, 0.25) is 0 Å². The Balaban J connectivity index is 0.00000180. The van der Waals surface area contributed by atoms with Crippen molar-refractivity contribution in [3.05, 3.63) is 47.4 Å². The van der Waals surface area contributed by atoms with Crippen molar-refractivity contribution in [2.24, 2.45) is 0 Å². The predicted octanol–water partition coefficient (Wildman–Crippen LogP) is 0.0340. The minimum absolute atomic E-state index is 0. The summed E-state index contributed by atoms with van der Waals surface area (Å²) in [6, 6.07) is 8.07. The average Bonchev–Trinajstić information content (AvgIpc) is 2.51. The first kappa shape index (κ1) is 17.5. The second kappa shape index (κ2) is 7.43. The monoisotopic (exact) mass is 293 g/mol. The number of benzene rings is 1. The smallest absolute Gasteiger partial charge is 0.445 e. The van der Waals surface area contributed by atoms with E-state index in [2.05, 4.69) is 18.7 Å². The molecule has 0 saturated heterocycles. The van der Waals surface area contributed by atoms with Gasteiger partial charge < -0.3 is 17.8 Å². The van der Waals surface area contributed by atoms with Crippen LogP contribution in [0.5, 0.6) is 0 Å². The number of hydrogen-bond donors (Lipinski definition) is 0. The van der Waals surface area contributed by atoms with Gasteiger partial charge in [-0.05, 0) is 30.5 Å². The maximum atomic E-state index is 12.5. The molecule has 1 nitrogen and oxygen atoms in total. The zero-order valence-corrected chi connectivity index (χ0v) is 14.3. The van der Waals surface area contributed by atoms with Gasteiger partial charge in [0.25, 0.3) is 0 Å². The van der Waals surface area contributed by atoms with E-state index in [0.717, 1.165) is 12.8 Å². The second-order valence-corrected chi connectivity index (χ2v) is 4.78. The van der Waals surface area contributed by atoms with Crippen LogP contribution in [0.25, 0.3) is 0 Å². The molecule has 2 rings (SSSR count). The quantitative estimate of drug-likeness (QED) is 0.711. The van der Waals surface area contributed by atoms with Gasteiger partial charge in [0.05, 0.1) is 0 Å². The van der Waals surface area contributed by atoms with Crippen molar-refractivity contribution in [3.63, 3.8) is 0 Å². The molecule has 0 aliphatic carbocycles. The van der Waals surface area contributed by atoms with Gasteiger partial charge in [0.1, 0.15) is 0 Å². The molecular formula is C13H16BF3KN. The van der Waals surface area contributed by atoms with Crippen molar-refractivity contribution in [2.75, 3.05) is 19.6 Å². The largest absolute Gasteiger partial charge is 1.00 e. The van der Waals surface area contributed by atoms with E-state index in [-0.39, 0.29) is 57.9 Å². The Hall–Kier alpha value is 0.411. The molecule has 0 atom stereocenters. The average molecular weight is 293 g/mol. The van der Waals surface area contributed by atoms with E-state index in [1.165, 1.54) is 11.1 Å². The zero-order chi connectivity index (χ0) is 13.2. The van der Waals surface area contributed by atoms with Crippen molar-refractivity contribution in [2.45, 2.75) is 12.8 Å². The summed E-state index contributed by atoms with van der Waals surface area (Å²) in [5.41, 5.74) is 1.91. The van der Waals surface area contributed by atoms with Crippen molar-refractivity contribution in [1.29, 1.82) is 0 Å². The van der Waals surface area contributed by atoms with Gasteiger partial charge >= 0.3 is 58.4 Å². The molecule has 1 aromatic rings. The minimum atomic E-state index is -4.91. The molecular weight excluding hydrogens is 277 g/mol. The van der Waals surface area contributed by atoms with Crippen LogP contribution in [0.1, 0.15) is 11.1 Å². The van der Waals surface area contributed by atoms with Gasteiger partial charge in [-0.3, -0.25) is 0 Å². The molecule has 0 bridgehead atoms. The number of nitrogens with zero attached hydrogens (tertiary/aromatic N) is 1. The van der Waals surface area contributed by atoms with Crippen molar-refractivity contribution in [1.82, 2.24) is 4.90 Å². The minimum Gasteiger partial charge on any atom is -0.445 e. The first-order valence-electron chi connectivity index (χ1n) is 6.13. The summed E-state index contributed by atoms with van der Waals surface area (Å²) in [5, 5.41) is 0. The van der Waals surface area contributed by atoms with Crippen LogP contribution < -0.4 is 51.4 Å². The van der Waals surface area contributed by atoms with Crippen LogP contribution in [0.3, 0.4) is 0 Å². The summed E-state index contributed by atoms with van der Waals surface area (Å²) in [5.74, 6) is 0. The number of hydrogen-bond acceptors (Lipinski definition) is 1. The molecule has 1 heterocycles. The summed E-state index contributed by atoms with van der Waals surface area (Å²) < 4.78 is 37.5. The molecule has 0 unspecified atom stereocenters. The third-order valence-electron chi connectivity index (χ3n) is 3.40. The summed E-state index contributed by atoms with van der Waals surface area (Å²) in [6.07, 6.45) is 1.63. The molecule has 98 valence electrons. The zero-order valence-electron chi connectivity index (χ0n) is 11.2. The first-order valence-corrected chi connectivity index (χ1v) is 6.13. The van der Waals surface area contributed by atoms with E-state index in [4.69, 9.17) is 0 Å². The standard InChI is InChI=1S/C13H16BF3N.K/c1-11(14(15,16)17)10-18-8-6-12-4-2-3-5-13(12)7-9-18;/h2-5H,1,6-10H2;/q-1;+1. The fourth-order valence-corrected chi connectivity index (χ4v) is 2.26. The van der Waals surface area contributed by atoms with Crippen molar-refractivity contribution < 1.29 is 64.3 Å². The Labute approximate surface area is 154 Å². The van der Waals surface area contributed by atoms with Gasteiger partial charge in [-0.15, -0.1) is 12.1 Å². The molecule has 0 spiro atoms. The molecule has 6 heteroatoms. The van der Waals surface area contributed by atoms with E-state index in [9.17, 15) is 12.9 Å².